The van der Waals surface area contributed by atoms with Crippen LogP contribution in [-0.2, 0) is 26.9 Å². The molecule has 0 N–H and O–H groups in total. The molecule has 0 fully saturated rings. The quantitative estimate of drug-likeness (QED) is 0.361. The van der Waals surface area contributed by atoms with Crippen LogP contribution in [0, 0.1) is 0 Å². The summed E-state index contributed by atoms with van der Waals surface area (Å²) in [6, 6.07) is 22.3. The zero-order chi connectivity index (χ0) is 24.1. The number of para-hydroxylation sites is 1. The van der Waals surface area contributed by atoms with Gasteiger partial charge in [-0.25, -0.2) is 8.42 Å². The summed E-state index contributed by atoms with van der Waals surface area (Å²) in [5.41, 5.74) is -3.65. The second kappa shape index (κ2) is 9.86. The van der Waals surface area contributed by atoms with Crippen molar-refractivity contribution in [2.45, 2.75) is 31.3 Å². The van der Waals surface area contributed by atoms with Crippen molar-refractivity contribution >= 4 is 10.1 Å². The van der Waals surface area contributed by atoms with Gasteiger partial charge in [0.2, 0.25) is 10.1 Å². The number of ether oxygens (including phenoxy) is 3. The molecule has 3 aromatic carbocycles. The van der Waals surface area contributed by atoms with Crippen molar-refractivity contribution in [3.05, 3.63) is 90.0 Å². The van der Waals surface area contributed by atoms with Crippen LogP contribution in [0.2, 0.25) is 0 Å². The Balaban J connectivity index is 1.57. The van der Waals surface area contributed by atoms with E-state index >= 15 is 0 Å². The SMILES string of the molecule is CC(C)(COCc1cccc(Oc2ccccc2)c1)c1ccc(OC(F)(F)S(=O)(=O)[O-])cc1. The van der Waals surface area contributed by atoms with Crippen LogP contribution in [-0.4, -0.2) is 25.0 Å². The molecule has 3 aromatic rings. The van der Waals surface area contributed by atoms with Gasteiger partial charge in [0.25, 0.3) is 0 Å². The van der Waals surface area contributed by atoms with Crippen LogP contribution in [0.3, 0.4) is 0 Å². The fourth-order valence-electron chi connectivity index (χ4n) is 2.99. The van der Waals surface area contributed by atoms with Gasteiger partial charge in [-0.3, -0.25) is 0 Å². The third-order valence-electron chi connectivity index (χ3n) is 4.77. The second-order valence-electron chi connectivity index (χ2n) is 7.98. The number of alkyl halides is 2. The molecular weight excluding hydrogens is 454 g/mol. The third kappa shape index (κ3) is 6.74. The molecule has 0 amide bonds. The molecule has 0 atom stereocenters. The molecule has 6 nitrogen and oxygen atoms in total. The van der Waals surface area contributed by atoms with Crippen molar-refractivity contribution in [2.24, 2.45) is 0 Å². The van der Waals surface area contributed by atoms with Crippen LogP contribution in [0.15, 0.2) is 78.9 Å². The Bertz CT molecular complexity index is 1160. The highest BCUT2D eigenvalue weighted by atomic mass is 32.2. The lowest BCUT2D eigenvalue weighted by Gasteiger charge is -2.26. The van der Waals surface area contributed by atoms with Gasteiger partial charge in [0, 0.05) is 5.41 Å². The van der Waals surface area contributed by atoms with Crippen molar-refractivity contribution in [3.8, 4) is 17.2 Å². The summed E-state index contributed by atoms with van der Waals surface area (Å²) in [6.07, 6.45) is 0. The largest absolute Gasteiger partial charge is 0.740 e. The fourth-order valence-corrected chi connectivity index (χ4v) is 3.19. The molecule has 0 radical (unpaired) electrons. The second-order valence-corrected chi connectivity index (χ2v) is 9.37. The van der Waals surface area contributed by atoms with E-state index in [1.54, 1.807) is 0 Å². The standard InChI is InChI=1S/C24H24F2O6S/c1-23(2,19-11-13-21(14-12-19)32-24(25,26)33(27,28)29)17-30-16-18-7-6-10-22(15-18)31-20-8-4-3-5-9-20/h3-15H,16-17H2,1-2H3,(H,27,28,29)/p-1. The molecule has 0 bridgehead atoms. The van der Waals surface area contributed by atoms with E-state index in [1.165, 1.54) is 24.3 Å². The fraction of sp³-hybridized carbons (Fsp3) is 0.250. The lowest BCUT2D eigenvalue weighted by Crippen LogP contribution is -2.34. The predicted octanol–water partition coefficient (Wildman–Crippen LogP) is 5.45. The Morgan fingerprint density at radius 3 is 2.12 bits per heavy atom. The minimum Gasteiger partial charge on any atom is -0.740 e. The van der Waals surface area contributed by atoms with Gasteiger partial charge in [-0.1, -0.05) is 56.3 Å². The molecule has 0 heterocycles. The zero-order valence-electron chi connectivity index (χ0n) is 18.0. The maximum Gasteiger partial charge on any atom is 0.496 e. The summed E-state index contributed by atoms with van der Waals surface area (Å²) in [7, 11) is -5.93. The average molecular weight is 478 g/mol. The number of hydrogen-bond acceptors (Lipinski definition) is 6. The van der Waals surface area contributed by atoms with Gasteiger partial charge in [-0.05, 0) is 47.5 Å². The Morgan fingerprint density at radius 1 is 0.848 bits per heavy atom. The molecule has 0 saturated heterocycles. The highest BCUT2D eigenvalue weighted by Gasteiger charge is 2.41. The smallest absolute Gasteiger partial charge is 0.496 e. The van der Waals surface area contributed by atoms with E-state index in [-0.39, 0.29) is 0 Å². The normalized spacial score (nSPS) is 12.4. The molecule has 9 heteroatoms. The van der Waals surface area contributed by atoms with Gasteiger partial charge in [0.15, 0.2) is 0 Å². The van der Waals surface area contributed by atoms with Crippen LogP contribution < -0.4 is 9.47 Å². The molecule has 0 saturated carbocycles. The summed E-state index contributed by atoms with van der Waals surface area (Å²) in [5.74, 6) is 0.985. The first kappa shape index (κ1) is 24.6. The Hall–Kier alpha value is -3.01. The van der Waals surface area contributed by atoms with Gasteiger partial charge in [0.1, 0.15) is 17.2 Å². The Labute approximate surface area is 191 Å². The van der Waals surface area contributed by atoms with Gasteiger partial charge in [-0.2, -0.15) is 8.78 Å². The molecule has 3 rings (SSSR count). The maximum absolute atomic E-state index is 13.3. The molecule has 0 unspecified atom stereocenters. The van der Waals surface area contributed by atoms with E-state index in [0.29, 0.717) is 19.0 Å². The summed E-state index contributed by atoms with van der Waals surface area (Å²) >= 11 is 0. The summed E-state index contributed by atoms with van der Waals surface area (Å²) < 4.78 is 74.0. The van der Waals surface area contributed by atoms with Crippen molar-refractivity contribution in [1.29, 1.82) is 0 Å². The molecule has 0 aromatic heterocycles. The van der Waals surface area contributed by atoms with E-state index in [2.05, 4.69) is 4.74 Å². The van der Waals surface area contributed by atoms with Crippen LogP contribution in [0.25, 0.3) is 0 Å². The molecule has 0 aliphatic carbocycles. The van der Waals surface area contributed by atoms with E-state index in [0.717, 1.165) is 16.9 Å². The van der Waals surface area contributed by atoms with E-state index < -0.39 is 26.7 Å². The summed E-state index contributed by atoms with van der Waals surface area (Å²) in [4.78, 5) is 0. The van der Waals surface area contributed by atoms with Gasteiger partial charge >= 0.3 is 5.44 Å². The minimum absolute atomic E-state index is 0.322. The average Bonchev–Trinajstić information content (AvgIpc) is 2.74. The molecule has 0 aliphatic rings. The molecule has 0 spiro atoms. The van der Waals surface area contributed by atoms with Gasteiger partial charge in [-0.15, -0.1) is 0 Å². The zero-order valence-corrected chi connectivity index (χ0v) is 18.8. The topological polar surface area (TPSA) is 84.9 Å². The van der Waals surface area contributed by atoms with E-state index in [4.69, 9.17) is 9.47 Å². The number of halogens is 2. The summed E-state index contributed by atoms with van der Waals surface area (Å²) in [6.45, 7) is 4.48. The lowest BCUT2D eigenvalue weighted by molar-refractivity contribution is -0.104. The molecule has 176 valence electrons. The number of rotatable bonds is 10. The summed E-state index contributed by atoms with van der Waals surface area (Å²) in [5, 5.41) is 0. The van der Waals surface area contributed by atoms with E-state index in [1.807, 2.05) is 68.4 Å². The number of benzene rings is 3. The Morgan fingerprint density at radius 2 is 1.48 bits per heavy atom. The van der Waals surface area contributed by atoms with Gasteiger partial charge < -0.3 is 18.8 Å². The lowest BCUT2D eigenvalue weighted by atomic mass is 9.85. The van der Waals surface area contributed by atoms with Crippen molar-refractivity contribution in [3.63, 3.8) is 0 Å². The predicted molar refractivity (Wildman–Crippen MR) is 117 cm³/mol. The maximum atomic E-state index is 13.3. The Kier molecular flexibility index (Phi) is 7.36. The van der Waals surface area contributed by atoms with Crippen LogP contribution >= 0.6 is 0 Å². The van der Waals surface area contributed by atoms with Crippen molar-refractivity contribution < 1.29 is 36.0 Å². The van der Waals surface area contributed by atoms with Crippen LogP contribution in [0.5, 0.6) is 17.2 Å². The van der Waals surface area contributed by atoms with Crippen LogP contribution in [0.1, 0.15) is 25.0 Å². The first-order valence-electron chi connectivity index (χ1n) is 9.99. The number of hydrogen-bond donors (Lipinski definition) is 0. The highest BCUT2D eigenvalue weighted by Crippen LogP contribution is 2.30. The minimum atomic E-state index is -5.93. The van der Waals surface area contributed by atoms with Gasteiger partial charge in [0.05, 0.1) is 13.2 Å². The molecular formula is C24H23F2O6S-. The van der Waals surface area contributed by atoms with Crippen molar-refractivity contribution in [1.82, 2.24) is 0 Å². The third-order valence-corrected chi connectivity index (χ3v) is 5.44. The van der Waals surface area contributed by atoms with Crippen molar-refractivity contribution in [2.75, 3.05) is 6.61 Å². The first-order chi connectivity index (χ1) is 15.5. The highest BCUT2D eigenvalue weighted by molar-refractivity contribution is 7.86. The van der Waals surface area contributed by atoms with E-state index in [9.17, 15) is 21.8 Å². The monoisotopic (exact) mass is 477 g/mol. The molecule has 33 heavy (non-hydrogen) atoms. The molecule has 0 aliphatic heterocycles. The first-order valence-corrected chi connectivity index (χ1v) is 11.4. The van der Waals surface area contributed by atoms with Crippen LogP contribution in [0.4, 0.5) is 8.78 Å².